The van der Waals surface area contributed by atoms with Gasteiger partial charge < -0.3 is 14.6 Å². The predicted octanol–water partition coefficient (Wildman–Crippen LogP) is 2.93. The lowest BCUT2D eigenvalue weighted by molar-refractivity contribution is -0.115. The maximum atomic E-state index is 12.4. The number of oxime groups is 1. The van der Waals surface area contributed by atoms with Crippen molar-refractivity contribution in [2.24, 2.45) is 5.16 Å². The minimum Gasteiger partial charge on any atom is -0.467 e. The summed E-state index contributed by atoms with van der Waals surface area (Å²) in [6, 6.07) is 10.3. The minimum atomic E-state index is -0.365. The summed E-state index contributed by atoms with van der Waals surface area (Å²) in [7, 11) is 0. The third kappa shape index (κ3) is 4.06. The van der Waals surface area contributed by atoms with Gasteiger partial charge in [0.2, 0.25) is 0 Å². The van der Waals surface area contributed by atoms with Crippen LogP contribution in [0.3, 0.4) is 0 Å². The molecule has 6 nitrogen and oxygen atoms in total. The van der Waals surface area contributed by atoms with Crippen molar-refractivity contribution in [1.29, 1.82) is 0 Å². The van der Waals surface area contributed by atoms with Crippen molar-refractivity contribution in [3.8, 4) is 0 Å². The van der Waals surface area contributed by atoms with Crippen LogP contribution >= 0.6 is 0 Å². The molecule has 2 aromatic rings. The van der Waals surface area contributed by atoms with Crippen LogP contribution in [-0.4, -0.2) is 35.2 Å². The Bertz CT molecular complexity index is 839. The highest BCUT2D eigenvalue weighted by Crippen LogP contribution is 2.34. The monoisotopic (exact) mass is 367 g/mol. The van der Waals surface area contributed by atoms with Crippen LogP contribution in [0.4, 0.5) is 0 Å². The highest BCUT2D eigenvalue weighted by molar-refractivity contribution is 6.39. The fourth-order valence-corrected chi connectivity index (χ4v) is 4.03. The summed E-state index contributed by atoms with van der Waals surface area (Å²) >= 11 is 0. The van der Waals surface area contributed by atoms with Crippen LogP contribution in [0, 0.1) is 13.8 Å². The maximum Gasteiger partial charge on any atom is 0.269 e. The zero-order chi connectivity index (χ0) is 18.9. The number of carbonyl (C=O) groups is 1. The van der Waals surface area contributed by atoms with Gasteiger partial charge in [0.25, 0.3) is 5.91 Å². The van der Waals surface area contributed by atoms with E-state index in [9.17, 15) is 4.79 Å². The number of hydrogen-bond acceptors (Lipinski definition) is 5. The van der Waals surface area contributed by atoms with E-state index in [1.807, 2.05) is 6.07 Å². The average Bonchev–Trinajstić information content (AvgIpc) is 3.35. The average molecular weight is 367 g/mol. The molecule has 4 rings (SSSR count). The van der Waals surface area contributed by atoms with Gasteiger partial charge in [0, 0.05) is 32.5 Å². The molecule has 6 heteroatoms. The molecular weight excluding hydrogens is 342 g/mol. The first-order valence-electron chi connectivity index (χ1n) is 9.37. The topological polar surface area (TPSA) is 67.1 Å². The van der Waals surface area contributed by atoms with Crippen molar-refractivity contribution in [2.75, 3.05) is 13.1 Å². The zero-order valence-corrected chi connectivity index (χ0v) is 15.8. The van der Waals surface area contributed by atoms with Crippen molar-refractivity contribution in [1.82, 2.24) is 10.2 Å². The molecule has 2 aliphatic heterocycles. The Morgan fingerprint density at radius 1 is 1.30 bits per heavy atom. The van der Waals surface area contributed by atoms with Gasteiger partial charge in [-0.3, -0.25) is 9.69 Å². The molecule has 1 saturated heterocycles. The Hall–Kier alpha value is -2.60. The third-order valence-corrected chi connectivity index (χ3v) is 5.19. The molecule has 1 spiro atoms. The van der Waals surface area contributed by atoms with E-state index < -0.39 is 0 Å². The molecule has 2 aliphatic rings. The van der Waals surface area contributed by atoms with Crippen LogP contribution in [0.25, 0.3) is 0 Å². The summed E-state index contributed by atoms with van der Waals surface area (Å²) in [5, 5.41) is 6.93. The normalized spacial score (nSPS) is 22.1. The van der Waals surface area contributed by atoms with Gasteiger partial charge in [-0.1, -0.05) is 34.5 Å². The predicted molar refractivity (Wildman–Crippen MR) is 102 cm³/mol. The van der Waals surface area contributed by atoms with Gasteiger partial charge >= 0.3 is 0 Å². The van der Waals surface area contributed by atoms with Gasteiger partial charge in [0.1, 0.15) is 11.5 Å². The highest BCUT2D eigenvalue weighted by Gasteiger charge is 2.46. The number of benzene rings is 1. The lowest BCUT2D eigenvalue weighted by atomic mass is 9.96. The largest absolute Gasteiger partial charge is 0.467 e. The molecule has 1 fully saturated rings. The van der Waals surface area contributed by atoms with Crippen LogP contribution in [-0.2, 0) is 22.7 Å². The minimum absolute atomic E-state index is 0.184. The van der Waals surface area contributed by atoms with E-state index in [2.05, 4.69) is 47.4 Å². The Morgan fingerprint density at radius 3 is 2.85 bits per heavy atom. The summed E-state index contributed by atoms with van der Waals surface area (Å²) in [5.41, 5.74) is 4.00. The molecule has 3 heterocycles. The van der Waals surface area contributed by atoms with Gasteiger partial charge in [-0.15, -0.1) is 0 Å². The zero-order valence-electron chi connectivity index (χ0n) is 15.8. The maximum absolute atomic E-state index is 12.4. The van der Waals surface area contributed by atoms with Crippen LogP contribution in [0.1, 0.15) is 35.3 Å². The fraction of sp³-hybridized carbons (Fsp3) is 0.429. The van der Waals surface area contributed by atoms with E-state index in [0.717, 1.165) is 31.8 Å². The van der Waals surface area contributed by atoms with Gasteiger partial charge in [0.05, 0.1) is 12.8 Å². The molecule has 1 N–H and O–H groups in total. The second-order valence-electron chi connectivity index (χ2n) is 7.71. The number of hydrogen-bond donors (Lipinski definition) is 1. The van der Waals surface area contributed by atoms with E-state index >= 15 is 0 Å². The SMILES string of the molecule is Cc1cc(C)cc(CN2CC[C@@]3(CC(C(=O)NCc4ccco4)=NO3)C2)c1. The van der Waals surface area contributed by atoms with E-state index in [4.69, 9.17) is 9.25 Å². The van der Waals surface area contributed by atoms with E-state index in [0.29, 0.717) is 18.7 Å². The first-order chi connectivity index (χ1) is 13.0. The molecule has 1 aromatic carbocycles. The van der Waals surface area contributed by atoms with Gasteiger partial charge in [0.15, 0.2) is 5.60 Å². The summed E-state index contributed by atoms with van der Waals surface area (Å²) in [6.07, 6.45) is 3.03. The summed E-state index contributed by atoms with van der Waals surface area (Å²) in [6.45, 7) is 7.25. The van der Waals surface area contributed by atoms with Crippen LogP contribution in [0.5, 0.6) is 0 Å². The quantitative estimate of drug-likeness (QED) is 0.882. The molecule has 1 aromatic heterocycles. The second kappa shape index (κ2) is 7.19. The van der Waals surface area contributed by atoms with Crippen LogP contribution in [0.15, 0.2) is 46.2 Å². The number of rotatable bonds is 5. The number of amides is 1. The number of nitrogens with one attached hydrogen (secondary N) is 1. The number of nitrogens with zero attached hydrogens (tertiary/aromatic N) is 2. The van der Waals surface area contributed by atoms with Crippen molar-refractivity contribution in [3.05, 3.63) is 59.0 Å². The van der Waals surface area contributed by atoms with E-state index in [1.54, 1.807) is 12.3 Å². The molecule has 1 atom stereocenters. The smallest absolute Gasteiger partial charge is 0.269 e. The molecule has 0 saturated carbocycles. The van der Waals surface area contributed by atoms with Crippen molar-refractivity contribution in [2.45, 2.75) is 45.4 Å². The molecule has 27 heavy (non-hydrogen) atoms. The Balaban J connectivity index is 1.31. The van der Waals surface area contributed by atoms with Crippen molar-refractivity contribution < 1.29 is 14.0 Å². The molecule has 0 radical (unpaired) electrons. The van der Waals surface area contributed by atoms with Gasteiger partial charge in [-0.25, -0.2) is 0 Å². The number of likely N-dealkylation sites (tertiary alicyclic amines) is 1. The standard InChI is InChI=1S/C21H25N3O3/c1-15-8-16(2)10-17(9-15)13-24-6-5-21(14-24)11-19(23-27-21)20(25)22-12-18-4-3-7-26-18/h3-4,7-10H,5-6,11-14H2,1-2H3,(H,22,25)/t21-/m1/s1. The Kier molecular flexibility index (Phi) is 4.74. The fourth-order valence-electron chi connectivity index (χ4n) is 4.03. The first kappa shape index (κ1) is 17.8. The molecule has 0 unspecified atom stereocenters. The molecule has 142 valence electrons. The van der Waals surface area contributed by atoms with Crippen LogP contribution < -0.4 is 5.32 Å². The van der Waals surface area contributed by atoms with Crippen molar-refractivity contribution in [3.63, 3.8) is 0 Å². The highest BCUT2D eigenvalue weighted by atomic mass is 16.7. The lowest BCUT2D eigenvalue weighted by Crippen LogP contribution is -2.36. The van der Waals surface area contributed by atoms with E-state index in [1.165, 1.54) is 16.7 Å². The van der Waals surface area contributed by atoms with E-state index in [-0.39, 0.29) is 11.5 Å². The molecular formula is C21H25N3O3. The lowest BCUT2D eigenvalue weighted by Gasteiger charge is -2.22. The number of furan rings is 1. The third-order valence-electron chi connectivity index (χ3n) is 5.19. The van der Waals surface area contributed by atoms with Crippen molar-refractivity contribution >= 4 is 11.6 Å². The van der Waals surface area contributed by atoms with Crippen LogP contribution in [0.2, 0.25) is 0 Å². The van der Waals surface area contributed by atoms with Gasteiger partial charge in [-0.05, 0) is 31.5 Å². The van der Waals surface area contributed by atoms with Gasteiger partial charge in [-0.2, -0.15) is 0 Å². The summed E-state index contributed by atoms with van der Waals surface area (Å²) < 4.78 is 5.23. The number of carbonyl (C=O) groups excluding carboxylic acids is 1. The first-order valence-corrected chi connectivity index (χ1v) is 9.37. The number of aryl methyl sites for hydroxylation is 2. The Morgan fingerprint density at radius 2 is 2.11 bits per heavy atom. The molecule has 0 aliphatic carbocycles. The summed E-state index contributed by atoms with van der Waals surface area (Å²) in [5.74, 6) is 0.536. The Labute approximate surface area is 159 Å². The molecule has 1 amide bonds. The second-order valence-corrected chi connectivity index (χ2v) is 7.71. The summed E-state index contributed by atoms with van der Waals surface area (Å²) in [4.78, 5) is 20.5. The molecule has 0 bridgehead atoms.